The molecular weight excluding hydrogens is 263 g/mol. The van der Waals surface area contributed by atoms with E-state index in [-0.39, 0.29) is 0 Å². The van der Waals surface area contributed by atoms with Crippen LogP contribution in [0.5, 0.6) is 5.75 Å². The number of halogens is 2. The number of alkyl halides is 1. The molecular formula is C11H12BrClO. The van der Waals surface area contributed by atoms with E-state index < -0.39 is 0 Å². The monoisotopic (exact) mass is 274 g/mol. The summed E-state index contributed by atoms with van der Waals surface area (Å²) in [5.41, 5.74) is 1.15. The quantitative estimate of drug-likeness (QED) is 0.743. The van der Waals surface area contributed by atoms with E-state index in [2.05, 4.69) is 15.9 Å². The average molecular weight is 276 g/mol. The molecule has 76 valence electrons. The summed E-state index contributed by atoms with van der Waals surface area (Å²) in [5.74, 6) is 0.918. The van der Waals surface area contributed by atoms with Crippen molar-refractivity contribution in [2.75, 3.05) is 0 Å². The molecule has 3 heteroatoms. The highest BCUT2D eigenvalue weighted by Crippen LogP contribution is 2.33. The van der Waals surface area contributed by atoms with Crippen molar-refractivity contribution in [1.82, 2.24) is 0 Å². The second-order valence-corrected chi connectivity index (χ2v) is 5.45. The van der Waals surface area contributed by atoms with Gasteiger partial charge in [0.25, 0.3) is 0 Å². The van der Waals surface area contributed by atoms with Crippen molar-refractivity contribution < 1.29 is 4.74 Å². The van der Waals surface area contributed by atoms with Gasteiger partial charge in [0.1, 0.15) is 11.9 Å². The predicted octanol–water partition coefficient (Wildman–Crippen LogP) is 3.95. The zero-order chi connectivity index (χ0) is 10.1. The lowest BCUT2D eigenvalue weighted by atomic mass is 9.96. The molecule has 0 aromatic heterocycles. The summed E-state index contributed by atoms with van der Waals surface area (Å²) in [7, 11) is 0. The Hall–Kier alpha value is -0.210. The normalized spacial score (nSPS) is 25.6. The molecule has 0 atom stereocenters. The molecule has 1 nitrogen and oxygen atoms in total. The molecule has 1 aliphatic carbocycles. The van der Waals surface area contributed by atoms with Crippen LogP contribution in [0.15, 0.2) is 18.2 Å². The molecule has 0 radical (unpaired) electrons. The molecule has 1 aromatic carbocycles. The molecule has 1 fully saturated rings. The fraction of sp³-hybridized carbons (Fsp3) is 0.455. The highest BCUT2D eigenvalue weighted by molar-refractivity contribution is 9.09. The summed E-state index contributed by atoms with van der Waals surface area (Å²) in [5, 5.41) is 0.736. The second-order valence-electron chi connectivity index (χ2n) is 3.72. The summed E-state index contributed by atoms with van der Waals surface area (Å²) >= 11 is 9.44. The molecule has 0 heterocycles. The fourth-order valence-electron chi connectivity index (χ4n) is 1.48. The van der Waals surface area contributed by atoms with E-state index in [1.807, 2.05) is 25.1 Å². The largest absolute Gasteiger partial charge is 0.490 e. The van der Waals surface area contributed by atoms with Crippen LogP contribution in [0.2, 0.25) is 5.02 Å². The number of hydrogen-bond donors (Lipinski definition) is 0. The standard InChI is InChI=1S/C11H12BrClO/c1-7-2-3-9(13)6-11(7)14-10-4-8(12)5-10/h2-3,6,8,10H,4-5H2,1H3. The van der Waals surface area contributed by atoms with Crippen LogP contribution in [0.25, 0.3) is 0 Å². The molecule has 0 aliphatic heterocycles. The zero-order valence-electron chi connectivity index (χ0n) is 7.97. The Balaban J connectivity index is 2.05. The molecule has 2 rings (SSSR count). The van der Waals surface area contributed by atoms with Crippen LogP contribution in [0.3, 0.4) is 0 Å². The number of ether oxygens (including phenoxy) is 1. The number of hydrogen-bond acceptors (Lipinski definition) is 1. The highest BCUT2D eigenvalue weighted by Gasteiger charge is 2.28. The predicted molar refractivity (Wildman–Crippen MR) is 62.6 cm³/mol. The minimum atomic E-state index is 0.358. The van der Waals surface area contributed by atoms with E-state index in [0.717, 1.165) is 29.2 Å². The maximum Gasteiger partial charge on any atom is 0.124 e. The van der Waals surface area contributed by atoms with Gasteiger partial charge in [-0.3, -0.25) is 0 Å². The molecule has 1 saturated carbocycles. The van der Waals surface area contributed by atoms with Gasteiger partial charge in [-0.1, -0.05) is 33.6 Å². The van der Waals surface area contributed by atoms with Crippen LogP contribution in [0.1, 0.15) is 18.4 Å². The van der Waals surface area contributed by atoms with Crippen molar-refractivity contribution in [3.8, 4) is 5.75 Å². The van der Waals surface area contributed by atoms with Crippen LogP contribution in [0.4, 0.5) is 0 Å². The van der Waals surface area contributed by atoms with E-state index in [0.29, 0.717) is 10.9 Å². The third-order valence-electron chi connectivity index (χ3n) is 2.48. The topological polar surface area (TPSA) is 9.23 Å². The van der Waals surface area contributed by atoms with Gasteiger partial charge in [-0.05, 0) is 37.5 Å². The van der Waals surface area contributed by atoms with Gasteiger partial charge in [-0.15, -0.1) is 0 Å². The Morgan fingerprint density at radius 2 is 2.14 bits per heavy atom. The van der Waals surface area contributed by atoms with Crippen molar-refractivity contribution >= 4 is 27.5 Å². The van der Waals surface area contributed by atoms with Gasteiger partial charge in [0.2, 0.25) is 0 Å². The van der Waals surface area contributed by atoms with Gasteiger partial charge in [0.05, 0.1) is 0 Å². The summed E-state index contributed by atoms with van der Waals surface area (Å²) in [6.07, 6.45) is 2.54. The highest BCUT2D eigenvalue weighted by atomic mass is 79.9. The minimum Gasteiger partial charge on any atom is -0.490 e. The molecule has 0 amide bonds. The van der Waals surface area contributed by atoms with E-state index in [1.165, 1.54) is 0 Å². The van der Waals surface area contributed by atoms with Crippen molar-refractivity contribution in [3.05, 3.63) is 28.8 Å². The first-order chi connectivity index (χ1) is 6.65. The van der Waals surface area contributed by atoms with Gasteiger partial charge in [0.15, 0.2) is 0 Å². The van der Waals surface area contributed by atoms with Gasteiger partial charge in [-0.25, -0.2) is 0 Å². The van der Waals surface area contributed by atoms with Crippen LogP contribution in [-0.2, 0) is 0 Å². The minimum absolute atomic E-state index is 0.358. The molecule has 0 spiro atoms. The maximum atomic E-state index is 5.90. The average Bonchev–Trinajstić information content (AvgIpc) is 2.09. The maximum absolute atomic E-state index is 5.90. The summed E-state index contributed by atoms with van der Waals surface area (Å²) in [6.45, 7) is 2.04. The van der Waals surface area contributed by atoms with Crippen LogP contribution in [0, 0.1) is 6.92 Å². The molecule has 0 bridgehead atoms. The van der Waals surface area contributed by atoms with Gasteiger partial charge in [0, 0.05) is 9.85 Å². The van der Waals surface area contributed by atoms with Crippen LogP contribution < -0.4 is 4.74 Å². The summed E-state index contributed by atoms with van der Waals surface area (Å²) < 4.78 is 5.82. The van der Waals surface area contributed by atoms with Crippen molar-refractivity contribution in [3.63, 3.8) is 0 Å². The smallest absolute Gasteiger partial charge is 0.124 e. The van der Waals surface area contributed by atoms with Crippen molar-refractivity contribution in [1.29, 1.82) is 0 Å². The molecule has 0 saturated heterocycles. The Morgan fingerprint density at radius 3 is 2.79 bits per heavy atom. The lowest BCUT2D eigenvalue weighted by Gasteiger charge is -2.32. The number of rotatable bonds is 2. The SMILES string of the molecule is Cc1ccc(Cl)cc1OC1CC(Br)C1. The first-order valence-electron chi connectivity index (χ1n) is 4.72. The Kier molecular flexibility index (Phi) is 3.03. The number of aryl methyl sites for hydroxylation is 1. The lowest BCUT2D eigenvalue weighted by molar-refractivity contribution is 0.127. The Bertz CT molecular complexity index is 334. The summed E-state index contributed by atoms with van der Waals surface area (Å²) in [6, 6.07) is 5.76. The Morgan fingerprint density at radius 1 is 1.43 bits per heavy atom. The van der Waals surface area contributed by atoms with E-state index in [4.69, 9.17) is 16.3 Å². The molecule has 14 heavy (non-hydrogen) atoms. The van der Waals surface area contributed by atoms with E-state index in [9.17, 15) is 0 Å². The summed E-state index contributed by atoms with van der Waals surface area (Å²) in [4.78, 5) is 0.631. The third kappa shape index (κ3) is 2.23. The van der Waals surface area contributed by atoms with Crippen LogP contribution >= 0.6 is 27.5 Å². The van der Waals surface area contributed by atoms with Crippen LogP contribution in [-0.4, -0.2) is 10.9 Å². The third-order valence-corrected chi connectivity index (χ3v) is 3.46. The molecule has 1 aliphatic rings. The molecule has 1 aromatic rings. The molecule has 0 unspecified atom stereocenters. The van der Waals surface area contributed by atoms with E-state index >= 15 is 0 Å². The van der Waals surface area contributed by atoms with Gasteiger partial charge >= 0.3 is 0 Å². The lowest BCUT2D eigenvalue weighted by Crippen LogP contribution is -2.34. The zero-order valence-corrected chi connectivity index (χ0v) is 10.3. The number of benzene rings is 1. The fourth-order valence-corrected chi connectivity index (χ4v) is 2.47. The van der Waals surface area contributed by atoms with Crippen molar-refractivity contribution in [2.45, 2.75) is 30.7 Å². The Labute approximate surface area is 97.5 Å². The second kappa shape index (κ2) is 4.11. The molecule has 0 N–H and O–H groups in total. The first-order valence-corrected chi connectivity index (χ1v) is 6.01. The first kappa shape index (κ1) is 10.3. The van der Waals surface area contributed by atoms with E-state index in [1.54, 1.807) is 0 Å². The van der Waals surface area contributed by atoms with Gasteiger partial charge < -0.3 is 4.74 Å². The van der Waals surface area contributed by atoms with Crippen molar-refractivity contribution in [2.24, 2.45) is 0 Å². The van der Waals surface area contributed by atoms with Gasteiger partial charge in [-0.2, -0.15) is 0 Å².